The third-order valence-electron chi connectivity index (χ3n) is 6.34. The first-order chi connectivity index (χ1) is 14.5. The van der Waals surface area contributed by atoms with Gasteiger partial charge in [0.25, 0.3) is 5.91 Å². The highest BCUT2D eigenvalue weighted by Crippen LogP contribution is 2.33. The molecule has 168 valence electrons. The summed E-state index contributed by atoms with van der Waals surface area (Å²) in [6.45, 7) is 3.43. The number of rotatable bonds is 4. The SMILES string of the molecule is C[C@H]1CN(c2ccncc2NC(=O)c2ccc(F)c(C3CCCCC3)n2)CC[C@@H]1O.N. The highest BCUT2D eigenvalue weighted by Gasteiger charge is 2.26. The van der Waals surface area contributed by atoms with Crippen molar-refractivity contribution in [2.75, 3.05) is 23.3 Å². The number of aliphatic hydroxyl groups is 1. The molecule has 2 fully saturated rings. The van der Waals surface area contributed by atoms with Gasteiger partial charge in [-0.1, -0.05) is 26.2 Å². The fourth-order valence-corrected chi connectivity index (χ4v) is 4.54. The van der Waals surface area contributed by atoms with Crippen LogP contribution in [0.3, 0.4) is 0 Å². The Labute approximate surface area is 182 Å². The van der Waals surface area contributed by atoms with Gasteiger partial charge < -0.3 is 21.5 Å². The van der Waals surface area contributed by atoms with Crippen LogP contribution in [0.25, 0.3) is 0 Å². The fraction of sp³-hybridized carbons (Fsp3) is 0.522. The maximum Gasteiger partial charge on any atom is 0.274 e. The smallest absolute Gasteiger partial charge is 0.274 e. The van der Waals surface area contributed by atoms with Gasteiger partial charge in [0.1, 0.15) is 11.5 Å². The van der Waals surface area contributed by atoms with Crippen molar-refractivity contribution in [1.82, 2.24) is 16.1 Å². The standard InChI is InChI=1S/C23H29FN4O2.H3N/c1-15-14-28(12-10-21(15)29)20-9-11-25-13-19(20)27-23(30)18-8-7-17(24)22(26-18)16-5-3-2-4-6-16;/h7-9,11,13,15-16,21,29H,2-6,10,12,14H2,1H3,(H,27,30);1H3/t15-,21-;/m0./s1. The summed E-state index contributed by atoms with van der Waals surface area (Å²) < 4.78 is 14.4. The molecule has 0 radical (unpaired) electrons. The average Bonchev–Trinajstić information content (AvgIpc) is 2.77. The van der Waals surface area contributed by atoms with Gasteiger partial charge in [-0.25, -0.2) is 9.37 Å². The Morgan fingerprint density at radius 2 is 1.97 bits per heavy atom. The van der Waals surface area contributed by atoms with Gasteiger partial charge >= 0.3 is 0 Å². The molecule has 3 heterocycles. The molecule has 1 saturated heterocycles. The summed E-state index contributed by atoms with van der Waals surface area (Å²) in [4.78, 5) is 23.6. The van der Waals surface area contributed by atoms with E-state index in [1.54, 1.807) is 12.4 Å². The topological polar surface area (TPSA) is 113 Å². The van der Waals surface area contributed by atoms with Gasteiger partial charge in [0.05, 0.1) is 29.4 Å². The van der Waals surface area contributed by atoms with E-state index in [1.807, 2.05) is 13.0 Å². The maximum atomic E-state index is 14.4. The molecule has 4 rings (SSSR count). The number of aliphatic hydroxyl groups excluding tert-OH is 1. The van der Waals surface area contributed by atoms with Crippen LogP contribution in [-0.2, 0) is 0 Å². The van der Waals surface area contributed by atoms with Gasteiger partial charge in [0.2, 0.25) is 0 Å². The molecule has 5 N–H and O–H groups in total. The highest BCUT2D eigenvalue weighted by molar-refractivity contribution is 6.04. The number of hydrogen-bond donors (Lipinski definition) is 3. The normalized spacial score (nSPS) is 22.0. The second-order valence-corrected chi connectivity index (χ2v) is 8.52. The summed E-state index contributed by atoms with van der Waals surface area (Å²) in [5.41, 5.74) is 2.09. The number of carbonyl (C=O) groups is 1. The molecule has 0 aromatic carbocycles. The minimum Gasteiger partial charge on any atom is -0.393 e. The Morgan fingerprint density at radius 1 is 1.19 bits per heavy atom. The van der Waals surface area contributed by atoms with Crippen molar-refractivity contribution >= 4 is 17.3 Å². The van der Waals surface area contributed by atoms with E-state index in [0.29, 0.717) is 30.9 Å². The van der Waals surface area contributed by atoms with Crippen LogP contribution in [0.2, 0.25) is 0 Å². The lowest BCUT2D eigenvalue weighted by molar-refractivity contribution is 0.0969. The average molecular weight is 430 g/mol. The number of aromatic nitrogens is 2. The minimum absolute atomic E-state index is 0. The largest absolute Gasteiger partial charge is 0.393 e. The van der Waals surface area contributed by atoms with Crippen molar-refractivity contribution in [3.8, 4) is 0 Å². The number of nitrogens with zero attached hydrogens (tertiary/aromatic N) is 3. The molecule has 8 heteroatoms. The van der Waals surface area contributed by atoms with Crippen LogP contribution in [-0.4, -0.2) is 40.2 Å². The second kappa shape index (κ2) is 10.2. The van der Waals surface area contributed by atoms with Gasteiger partial charge in [-0.15, -0.1) is 0 Å². The van der Waals surface area contributed by atoms with E-state index in [4.69, 9.17) is 0 Å². The van der Waals surface area contributed by atoms with Crippen molar-refractivity contribution in [3.63, 3.8) is 0 Å². The lowest BCUT2D eigenvalue weighted by Crippen LogP contribution is -2.42. The lowest BCUT2D eigenvalue weighted by atomic mass is 9.86. The number of carbonyl (C=O) groups excluding carboxylic acids is 1. The van der Waals surface area contributed by atoms with Crippen molar-refractivity contribution in [1.29, 1.82) is 0 Å². The summed E-state index contributed by atoms with van der Waals surface area (Å²) in [5, 5.41) is 12.9. The predicted octanol–water partition coefficient (Wildman–Crippen LogP) is 4.28. The van der Waals surface area contributed by atoms with Crippen molar-refractivity contribution in [2.45, 2.75) is 57.5 Å². The van der Waals surface area contributed by atoms with Crippen LogP contribution in [0, 0.1) is 11.7 Å². The first-order valence-corrected chi connectivity index (χ1v) is 10.9. The van der Waals surface area contributed by atoms with Gasteiger partial charge in [0.15, 0.2) is 0 Å². The molecule has 1 saturated carbocycles. The quantitative estimate of drug-likeness (QED) is 0.668. The third kappa shape index (κ3) is 5.19. The molecule has 7 nitrogen and oxygen atoms in total. The fourth-order valence-electron chi connectivity index (χ4n) is 4.54. The zero-order valence-electron chi connectivity index (χ0n) is 18.1. The summed E-state index contributed by atoms with van der Waals surface area (Å²) in [5.74, 6) is -0.471. The summed E-state index contributed by atoms with van der Waals surface area (Å²) >= 11 is 0. The van der Waals surface area contributed by atoms with Crippen LogP contribution in [0.5, 0.6) is 0 Å². The van der Waals surface area contributed by atoms with E-state index in [9.17, 15) is 14.3 Å². The number of nitrogens with one attached hydrogen (secondary N) is 1. The number of hydrogen-bond acceptors (Lipinski definition) is 6. The zero-order chi connectivity index (χ0) is 21.1. The van der Waals surface area contributed by atoms with Gasteiger partial charge in [0, 0.05) is 25.2 Å². The van der Waals surface area contributed by atoms with Gasteiger partial charge in [-0.05, 0) is 43.4 Å². The molecule has 2 atom stereocenters. The van der Waals surface area contributed by atoms with Gasteiger partial charge in [-0.2, -0.15) is 0 Å². The van der Waals surface area contributed by atoms with Crippen molar-refractivity contribution in [3.05, 3.63) is 47.8 Å². The molecular formula is C23H32FN5O2. The highest BCUT2D eigenvalue weighted by atomic mass is 19.1. The predicted molar refractivity (Wildman–Crippen MR) is 119 cm³/mol. The van der Waals surface area contributed by atoms with Crippen LogP contribution >= 0.6 is 0 Å². The van der Waals surface area contributed by atoms with Gasteiger partial charge in [-0.3, -0.25) is 9.78 Å². The molecule has 0 bridgehead atoms. The Morgan fingerprint density at radius 3 is 2.71 bits per heavy atom. The Bertz CT molecular complexity index is 903. The second-order valence-electron chi connectivity index (χ2n) is 8.52. The Hall–Kier alpha value is -2.58. The molecule has 31 heavy (non-hydrogen) atoms. The molecule has 2 aliphatic rings. The summed E-state index contributed by atoms with van der Waals surface area (Å²) in [6.07, 6.45) is 8.85. The Kier molecular flexibility index (Phi) is 7.56. The summed E-state index contributed by atoms with van der Waals surface area (Å²) in [6, 6.07) is 4.65. The molecule has 1 amide bonds. The van der Waals surface area contributed by atoms with Crippen LogP contribution in [0.4, 0.5) is 15.8 Å². The third-order valence-corrected chi connectivity index (χ3v) is 6.34. The number of halogens is 1. The molecule has 2 aromatic rings. The van der Waals surface area contributed by atoms with Crippen molar-refractivity contribution in [2.24, 2.45) is 5.92 Å². The van der Waals surface area contributed by atoms with E-state index in [0.717, 1.165) is 31.4 Å². The Balaban J connectivity index is 0.00000272. The van der Waals surface area contributed by atoms with E-state index in [2.05, 4.69) is 20.2 Å². The zero-order valence-corrected chi connectivity index (χ0v) is 18.1. The summed E-state index contributed by atoms with van der Waals surface area (Å²) in [7, 11) is 0. The van der Waals surface area contributed by atoms with Crippen LogP contribution in [0.15, 0.2) is 30.6 Å². The molecule has 0 spiro atoms. The monoisotopic (exact) mass is 429 g/mol. The number of amides is 1. The first kappa shape index (κ1) is 23.1. The maximum absolute atomic E-state index is 14.4. The van der Waals surface area contributed by atoms with Crippen molar-refractivity contribution < 1.29 is 14.3 Å². The molecule has 0 unspecified atom stereocenters. The van der Waals surface area contributed by atoms with Crippen LogP contribution in [0.1, 0.15) is 67.5 Å². The molecule has 2 aromatic heterocycles. The molecule has 1 aliphatic heterocycles. The van der Waals surface area contributed by atoms with E-state index >= 15 is 0 Å². The number of anilines is 2. The van der Waals surface area contributed by atoms with E-state index < -0.39 is 0 Å². The number of pyridine rings is 2. The minimum atomic E-state index is -0.369. The lowest BCUT2D eigenvalue weighted by Gasteiger charge is -2.36. The van der Waals surface area contributed by atoms with E-state index in [1.165, 1.54) is 18.6 Å². The van der Waals surface area contributed by atoms with Crippen LogP contribution < -0.4 is 16.4 Å². The van der Waals surface area contributed by atoms with E-state index in [-0.39, 0.29) is 41.5 Å². The molecule has 1 aliphatic carbocycles. The molecular weight excluding hydrogens is 397 g/mol. The first-order valence-electron chi connectivity index (χ1n) is 10.9. The number of piperidine rings is 1.